The van der Waals surface area contributed by atoms with Crippen molar-refractivity contribution < 1.29 is 13.2 Å². The summed E-state index contributed by atoms with van der Waals surface area (Å²) in [4.78, 5) is 1.71. The molecule has 0 aliphatic heterocycles. The predicted molar refractivity (Wildman–Crippen MR) is 76.8 cm³/mol. The van der Waals surface area contributed by atoms with Crippen molar-refractivity contribution >= 4 is 21.6 Å². The highest BCUT2D eigenvalue weighted by Gasteiger charge is 2.35. The number of nitrogens with zero attached hydrogens (tertiary/aromatic N) is 1. The lowest BCUT2D eigenvalue weighted by Crippen LogP contribution is -2.30. The molecule has 1 aromatic carbocycles. The van der Waals surface area contributed by atoms with Crippen LogP contribution in [-0.2, 0) is 11.5 Å². The molecule has 0 bridgehead atoms. The molecule has 1 aromatic rings. The van der Waals surface area contributed by atoms with Crippen LogP contribution in [0.3, 0.4) is 0 Å². The SMILES string of the molecule is CCCC(C)N(C)c1ccc(CBr)cc1C(F)(F)F. The van der Waals surface area contributed by atoms with Gasteiger partial charge in [0.15, 0.2) is 0 Å². The van der Waals surface area contributed by atoms with Crippen molar-refractivity contribution in [3.63, 3.8) is 0 Å². The summed E-state index contributed by atoms with van der Waals surface area (Å²) in [5, 5.41) is 0.421. The fourth-order valence-corrected chi connectivity index (χ4v) is 2.40. The Kier molecular flexibility index (Phi) is 5.71. The van der Waals surface area contributed by atoms with Crippen molar-refractivity contribution in [1.29, 1.82) is 0 Å². The molecule has 0 saturated carbocycles. The first-order chi connectivity index (χ1) is 8.81. The summed E-state index contributed by atoms with van der Waals surface area (Å²) in [7, 11) is 1.72. The second-order valence-corrected chi connectivity index (χ2v) is 5.29. The largest absolute Gasteiger partial charge is 0.418 e. The lowest BCUT2D eigenvalue weighted by Gasteiger charge is -2.29. The molecule has 0 saturated heterocycles. The molecule has 0 spiro atoms. The van der Waals surface area contributed by atoms with E-state index in [1.807, 2.05) is 13.8 Å². The van der Waals surface area contributed by atoms with E-state index in [-0.39, 0.29) is 11.7 Å². The van der Waals surface area contributed by atoms with Crippen molar-refractivity contribution in [1.82, 2.24) is 0 Å². The fourth-order valence-electron chi connectivity index (χ4n) is 2.05. The van der Waals surface area contributed by atoms with Crippen molar-refractivity contribution in [3.05, 3.63) is 29.3 Å². The fraction of sp³-hybridized carbons (Fsp3) is 0.571. The smallest absolute Gasteiger partial charge is 0.371 e. The van der Waals surface area contributed by atoms with Gasteiger partial charge in [-0.15, -0.1) is 0 Å². The molecule has 19 heavy (non-hydrogen) atoms. The lowest BCUT2D eigenvalue weighted by molar-refractivity contribution is -0.137. The zero-order chi connectivity index (χ0) is 14.6. The van der Waals surface area contributed by atoms with Crippen LogP contribution in [0, 0.1) is 0 Å². The summed E-state index contributed by atoms with van der Waals surface area (Å²) in [6.07, 6.45) is -2.51. The van der Waals surface area contributed by atoms with Crippen LogP contribution in [0.5, 0.6) is 0 Å². The van der Waals surface area contributed by atoms with Crippen LogP contribution in [-0.4, -0.2) is 13.1 Å². The van der Waals surface area contributed by atoms with Crippen LogP contribution < -0.4 is 4.90 Å². The Morgan fingerprint density at radius 2 is 1.95 bits per heavy atom. The molecule has 0 N–H and O–H groups in total. The van der Waals surface area contributed by atoms with Gasteiger partial charge >= 0.3 is 6.18 Å². The third kappa shape index (κ3) is 4.13. The van der Waals surface area contributed by atoms with Gasteiger partial charge in [-0.1, -0.05) is 35.3 Å². The minimum Gasteiger partial charge on any atom is -0.371 e. The van der Waals surface area contributed by atoms with E-state index in [0.29, 0.717) is 10.9 Å². The van der Waals surface area contributed by atoms with Gasteiger partial charge < -0.3 is 4.90 Å². The summed E-state index contributed by atoms with van der Waals surface area (Å²) in [5.74, 6) is 0. The Morgan fingerprint density at radius 3 is 2.42 bits per heavy atom. The maximum atomic E-state index is 13.1. The van der Waals surface area contributed by atoms with Gasteiger partial charge in [-0.05, 0) is 31.0 Å². The van der Waals surface area contributed by atoms with E-state index in [0.717, 1.165) is 12.8 Å². The molecule has 0 aliphatic rings. The number of halogens is 4. The van der Waals surface area contributed by atoms with Crippen molar-refractivity contribution in [3.8, 4) is 0 Å². The van der Waals surface area contributed by atoms with Gasteiger partial charge in [0.2, 0.25) is 0 Å². The average Bonchev–Trinajstić information content (AvgIpc) is 2.36. The van der Waals surface area contributed by atoms with E-state index >= 15 is 0 Å². The monoisotopic (exact) mass is 337 g/mol. The molecule has 0 fully saturated rings. The Hall–Kier alpha value is -0.710. The van der Waals surface area contributed by atoms with Crippen LogP contribution in [0.2, 0.25) is 0 Å². The topological polar surface area (TPSA) is 3.24 Å². The predicted octanol–water partition coefficient (Wildman–Crippen LogP) is 5.23. The van der Waals surface area contributed by atoms with Crippen molar-refractivity contribution in [2.45, 2.75) is 44.2 Å². The first kappa shape index (κ1) is 16.3. The summed E-state index contributed by atoms with van der Waals surface area (Å²) in [6, 6.07) is 4.60. The van der Waals surface area contributed by atoms with E-state index in [1.165, 1.54) is 6.07 Å². The van der Waals surface area contributed by atoms with Crippen molar-refractivity contribution in [2.75, 3.05) is 11.9 Å². The molecular formula is C14H19BrF3N. The number of alkyl halides is 4. The number of rotatable bonds is 5. The third-order valence-corrected chi connectivity index (χ3v) is 3.92. The van der Waals surface area contributed by atoms with E-state index in [9.17, 15) is 13.2 Å². The van der Waals surface area contributed by atoms with E-state index in [2.05, 4.69) is 15.9 Å². The molecule has 1 nitrogen and oxygen atoms in total. The summed E-state index contributed by atoms with van der Waals surface area (Å²) in [5.41, 5.74) is 0.320. The maximum Gasteiger partial charge on any atom is 0.418 e. The highest BCUT2D eigenvalue weighted by atomic mass is 79.9. The van der Waals surface area contributed by atoms with Crippen LogP contribution >= 0.6 is 15.9 Å². The molecule has 0 amide bonds. The highest BCUT2D eigenvalue weighted by Crippen LogP contribution is 2.38. The maximum absolute atomic E-state index is 13.1. The van der Waals surface area contributed by atoms with Gasteiger partial charge in [0.05, 0.1) is 5.56 Å². The third-order valence-electron chi connectivity index (χ3n) is 3.27. The highest BCUT2D eigenvalue weighted by molar-refractivity contribution is 9.08. The second-order valence-electron chi connectivity index (χ2n) is 4.73. The molecular weight excluding hydrogens is 319 g/mol. The van der Waals surface area contributed by atoms with Gasteiger partial charge in [0.25, 0.3) is 0 Å². The molecule has 0 aliphatic carbocycles. The minimum absolute atomic E-state index is 0.0842. The van der Waals surface area contributed by atoms with Gasteiger partial charge in [-0.2, -0.15) is 13.2 Å². The zero-order valence-electron chi connectivity index (χ0n) is 11.4. The molecule has 0 heterocycles. The number of hydrogen-bond acceptors (Lipinski definition) is 1. The van der Waals surface area contributed by atoms with Gasteiger partial charge in [-0.3, -0.25) is 0 Å². The first-order valence-electron chi connectivity index (χ1n) is 6.30. The normalized spacial score (nSPS) is 13.4. The Balaban J connectivity index is 3.19. The van der Waals surface area contributed by atoms with Gasteiger partial charge in [0, 0.05) is 24.1 Å². The number of hydrogen-bond donors (Lipinski definition) is 0. The van der Waals surface area contributed by atoms with E-state index in [4.69, 9.17) is 0 Å². The van der Waals surface area contributed by atoms with E-state index in [1.54, 1.807) is 24.1 Å². The molecule has 1 unspecified atom stereocenters. The number of anilines is 1. The van der Waals surface area contributed by atoms with Crippen LogP contribution in [0.15, 0.2) is 18.2 Å². The molecule has 1 rings (SSSR count). The minimum atomic E-state index is -4.33. The van der Waals surface area contributed by atoms with Gasteiger partial charge in [0.1, 0.15) is 0 Å². The Labute approximate surface area is 120 Å². The number of benzene rings is 1. The Morgan fingerprint density at radius 1 is 1.32 bits per heavy atom. The standard InChI is InChI=1S/C14H19BrF3N/c1-4-5-10(2)19(3)13-7-6-11(9-15)8-12(13)14(16,17)18/h6-8,10H,4-5,9H2,1-3H3. The van der Waals surface area contributed by atoms with Gasteiger partial charge in [-0.25, -0.2) is 0 Å². The summed E-state index contributed by atoms with van der Waals surface area (Å²) < 4.78 is 39.4. The van der Waals surface area contributed by atoms with Crippen LogP contribution in [0.25, 0.3) is 0 Å². The first-order valence-corrected chi connectivity index (χ1v) is 7.42. The summed E-state index contributed by atoms with van der Waals surface area (Å²) >= 11 is 3.19. The molecule has 5 heteroatoms. The average molecular weight is 338 g/mol. The quantitative estimate of drug-likeness (QED) is 0.665. The molecule has 0 radical (unpaired) electrons. The molecule has 108 valence electrons. The van der Waals surface area contributed by atoms with Crippen molar-refractivity contribution in [2.24, 2.45) is 0 Å². The van der Waals surface area contributed by atoms with Crippen LogP contribution in [0.4, 0.5) is 18.9 Å². The summed E-state index contributed by atoms with van der Waals surface area (Å²) in [6.45, 7) is 3.98. The Bertz CT molecular complexity index is 418. The second kappa shape index (κ2) is 6.64. The zero-order valence-corrected chi connectivity index (χ0v) is 13.0. The molecule has 1 atom stereocenters. The van der Waals surface area contributed by atoms with Crippen LogP contribution in [0.1, 0.15) is 37.8 Å². The molecule has 0 aromatic heterocycles. The lowest BCUT2D eigenvalue weighted by atomic mass is 10.1. The van der Waals surface area contributed by atoms with E-state index < -0.39 is 11.7 Å².